The van der Waals surface area contributed by atoms with Crippen molar-refractivity contribution in [1.82, 2.24) is 0 Å². The smallest absolute Gasteiger partial charge is 0.144 e. The molecule has 0 heterocycles. The number of ether oxygens (including phenoxy) is 1. The number of hydrogen-bond donors (Lipinski definition) is 2. The first-order valence-corrected chi connectivity index (χ1v) is 3.36. The molecule has 3 heteroatoms. The lowest BCUT2D eigenvalue weighted by Gasteiger charge is -2.00. The van der Waals surface area contributed by atoms with Crippen molar-refractivity contribution < 1.29 is 9.84 Å². The summed E-state index contributed by atoms with van der Waals surface area (Å²) in [5.41, 5.74) is 7.21. The molecule has 1 aromatic carbocycles. The zero-order valence-electron chi connectivity index (χ0n) is 6.16. The van der Waals surface area contributed by atoms with Gasteiger partial charge in [0.25, 0.3) is 0 Å². The molecule has 0 aliphatic carbocycles. The van der Waals surface area contributed by atoms with Gasteiger partial charge in [-0.1, -0.05) is 12.1 Å². The molecule has 0 saturated carbocycles. The summed E-state index contributed by atoms with van der Waals surface area (Å²) in [6.45, 7) is 0.182. The van der Waals surface area contributed by atoms with Crippen LogP contribution in [0.3, 0.4) is 0 Å². The molecule has 1 aromatic rings. The van der Waals surface area contributed by atoms with E-state index in [4.69, 9.17) is 15.6 Å². The van der Waals surface area contributed by atoms with Gasteiger partial charge < -0.3 is 15.6 Å². The van der Waals surface area contributed by atoms with Crippen LogP contribution < -0.4 is 5.73 Å². The molecule has 3 nitrogen and oxygen atoms in total. The standard InChI is InChI=1S/C8H11NO2/c9-8-3-1-7(2-4-8)5-11-6-10/h1-4,10H,5-6,9H2. The van der Waals surface area contributed by atoms with E-state index >= 15 is 0 Å². The van der Waals surface area contributed by atoms with Crippen LogP contribution in [-0.4, -0.2) is 11.9 Å². The van der Waals surface area contributed by atoms with Crippen LogP contribution in [0.2, 0.25) is 0 Å². The molecular weight excluding hydrogens is 142 g/mol. The number of benzene rings is 1. The Morgan fingerprint density at radius 2 is 1.91 bits per heavy atom. The number of nitrogens with two attached hydrogens (primary N) is 1. The van der Waals surface area contributed by atoms with Crippen LogP contribution in [0.15, 0.2) is 24.3 Å². The van der Waals surface area contributed by atoms with Gasteiger partial charge in [0.1, 0.15) is 6.79 Å². The predicted octanol–water partition coefficient (Wildman–Crippen LogP) is 0.735. The van der Waals surface area contributed by atoms with Crippen molar-refractivity contribution in [2.45, 2.75) is 6.61 Å². The van der Waals surface area contributed by atoms with E-state index in [-0.39, 0.29) is 6.79 Å². The zero-order valence-corrected chi connectivity index (χ0v) is 6.16. The fraction of sp³-hybridized carbons (Fsp3) is 0.250. The SMILES string of the molecule is Nc1ccc(COCO)cc1. The molecule has 0 fully saturated rings. The van der Waals surface area contributed by atoms with Crippen molar-refractivity contribution in [1.29, 1.82) is 0 Å². The third-order valence-electron chi connectivity index (χ3n) is 1.34. The lowest BCUT2D eigenvalue weighted by Crippen LogP contribution is -1.93. The first kappa shape index (κ1) is 8.04. The van der Waals surface area contributed by atoms with Crippen LogP contribution >= 0.6 is 0 Å². The molecule has 3 N–H and O–H groups in total. The lowest BCUT2D eigenvalue weighted by molar-refractivity contribution is -0.0112. The van der Waals surface area contributed by atoms with Gasteiger partial charge in [0.2, 0.25) is 0 Å². The summed E-state index contributed by atoms with van der Waals surface area (Å²) in [6, 6.07) is 7.34. The predicted molar refractivity (Wildman–Crippen MR) is 42.7 cm³/mol. The average molecular weight is 153 g/mol. The first-order chi connectivity index (χ1) is 5.33. The Morgan fingerprint density at radius 1 is 1.27 bits per heavy atom. The molecule has 0 atom stereocenters. The van der Waals surface area contributed by atoms with Gasteiger partial charge in [-0.15, -0.1) is 0 Å². The molecule has 0 aliphatic rings. The van der Waals surface area contributed by atoms with Crippen LogP contribution in [0.25, 0.3) is 0 Å². The van der Waals surface area contributed by atoms with E-state index < -0.39 is 0 Å². The maximum atomic E-state index is 8.34. The third kappa shape index (κ3) is 2.57. The molecule has 0 aliphatic heterocycles. The maximum Gasteiger partial charge on any atom is 0.144 e. The van der Waals surface area contributed by atoms with Gasteiger partial charge in [-0.2, -0.15) is 0 Å². The number of hydrogen-bond acceptors (Lipinski definition) is 3. The summed E-state index contributed by atoms with van der Waals surface area (Å²) < 4.78 is 4.77. The van der Waals surface area contributed by atoms with Gasteiger partial charge in [-0.05, 0) is 17.7 Å². The van der Waals surface area contributed by atoms with E-state index in [1.165, 1.54) is 0 Å². The normalized spacial score (nSPS) is 9.91. The largest absolute Gasteiger partial charge is 0.399 e. The second kappa shape index (κ2) is 3.95. The number of nitrogen functional groups attached to an aromatic ring is 1. The van der Waals surface area contributed by atoms with E-state index in [1.54, 1.807) is 12.1 Å². The summed E-state index contributed by atoms with van der Waals surface area (Å²) in [5.74, 6) is 0. The molecule has 60 valence electrons. The quantitative estimate of drug-likeness (QED) is 0.497. The van der Waals surface area contributed by atoms with E-state index in [2.05, 4.69) is 0 Å². The number of aliphatic hydroxyl groups is 1. The van der Waals surface area contributed by atoms with Crippen LogP contribution in [0.1, 0.15) is 5.56 Å². The minimum atomic E-state index is -0.246. The average Bonchev–Trinajstić information content (AvgIpc) is 2.04. The van der Waals surface area contributed by atoms with Crippen LogP contribution in [-0.2, 0) is 11.3 Å². The number of rotatable bonds is 3. The third-order valence-corrected chi connectivity index (χ3v) is 1.34. The molecule has 11 heavy (non-hydrogen) atoms. The van der Waals surface area contributed by atoms with E-state index in [0.29, 0.717) is 6.61 Å². The van der Waals surface area contributed by atoms with Crippen LogP contribution in [0, 0.1) is 0 Å². The topological polar surface area (TPSA) is 55.5 Å². The van der Waals surface area contributed by atoms with Gasteiger partial charge in [0.15, 0.2) is 0 Å². The summed E-state index contributed by atoms with van der Waals surface area (Å²) in [6.07, 6.45) is 0. The van der Waals surface area contributed by atoms with Crippen molar-refractivity contribution in [2.24, 2.45) is 0 Å². The Balaban J connectivity index is 2.52. The van der Waals surface area contributed by atoms with Gasteiger partial charge in [-0.25, -0.2) is 0 Å². The molecule has 0 aromatic heterocycles. The van der Waals surface area contributed by atoms with Crippen molar-refractivity contribution in [3.05, 3.63) is 29.8 Å². The second-order valence-electron chi connectivity index (χ2n) is 2.22. The minimum Gasteiger partial charge on any atom is -0.399 e. The van der Waals surface area contributed by atoms with Gasteiger partial charge in [-0.3, -0.25) is 0 Å². The van der Waals surface area contributed by atoms with Gasteiger partial charge in [0, 0.05) is 5.69 Å². The fourth-order valence-electron chi connectivity index (χ4n) is 0.777. The zero-order chi connectivity index (χ0) is 8.10. The van der Waals surface area contributed by atoms with Crippen LogP contribution in [0.5, 0.6) is 0 Å². The van der Waals surface area contributed by atoms with Crippen molar-refractivity contribution in [2.75, 3.05) is 12.5 Å². The van der Waals surface area contributed by atoms with E-state index in [0.717, 1.165) is 11.3 Å². The second-order valence-corrected chi connectivity index (χ2v) is 2.22. The fourth-order valence-corrected chi connectivity index (χ4v) is 0.777. The molecule has 0 radical (unpaired) electrons. The Labute approximate surface area is 65.4 Å². The molecule has 0 amide bonds. The Hall–Kier alpha value is -1.06. The van der Waals surface area contributed by atoms with Crippen molar-refractivity contribution in [3.63, 3.8) is 0 Å². The monoisotopic (exact) mass is 153 g/mol. The number of anilines is 1. The molecule has 1 rings (SSSR count). The van der Waals surface area contributed by atoms with Crippen LogP contribution in [0.4, 0.5) is 5.69 Å². The summed E-state index contributed by atoms with van der Waals surface area (Å²) in [4.78, 5) is 0. The first-order valence-electron chi connectivity index (χ1n) is 3.36. The lowest BCUT2D eigenvalue weighted by atomic mass is 10.2. The van der Waals surface area contributed by atoms with Crippen molar-refractivity contribution >= 4 is 5.69 Å². The van der Waals surface area contributed by atoms with Gasteiger partial charge >= 0.3 is 0 Å². The Kier molecular flexibility index (Phi) is 2.89. The summed E-state index contributed by atoms with van der Waals surface area (Å²) >= 11 is 0. The molecule has 0 saturated heterocycles. The Bertz CT molecular complexity index is 208. The molecule has 0 spiro atoms. The number of aliphatic hydroxyl groups excluding tert-OH is 1. The highest BCUT2D eigenvalue weighted by molar-refractivity contribution is 5.38. The molecule has 0 bridgehead atoms. The van der Waals surface area contributed by atoms with Crippen molar-refractivity contribution in [3.8, 4) is 0 Å². The van der Waals surface area contributed by atoms with E-state index in [9.17, 15) is 0 Å². The molecule has 0 unspecified atom stereocenters. The summed E-state index contributed by atoms with van der Waals surface area (Å²) in [7, 11) is 0. The highest BCUT2D eigenvalue weighted by Crippen LogP contribution is 2.05. The molecular formula is C8H11NO2. The highest BCUT2D eigenvalue weighted by atomic mass is 16.6. The highest BCUT2D eigenvalue weighted by Gasteiger charge is 1.90. The van der Waals surface area contributed by atoms with Gasteiger partial charge in [0.05, 0.1) is 6.61 Å². The Morgan fingerprint density at radius 3 is 2.45 bits per heavy atom. The summed E-state index contributed by atoms with van der Waals surface area (Å²) in [5, 5.41) is 8.34. The maximum absolute atomic E-state index is 8.34. The van der Waals surface area contributed by atoms with E-state index in [1.807, 2.05) is 12.1 Å². The minimum absolute atomic E-state index is 0.246.